The maximum atomic E-state index is 12.6. The number of likely N-dealkylation sites (N-methyl/N-ethyl adjacent to an activating group) is 1. The van der Waals surface area contributed by atoms with Gasteiger partial charge < -0.3 is 28.9 Å². The first kappa shape index (κ1) is 48.5. The van der Waals surface area contributed by atoms with Gasteiger partial charge in [0.05, 0.1) is 27.7 Å². The number of alkyl carbamates (subject to hydrolysis) is 1. The summed E-state index contributed by atoms with van der Waals surface area (Å²) < 4.78 is 39.2. The summed E-state index contributed by atoms with van der Waals surface area (Å²) in [6.07, 6.45) is 19.0. The van der Waals surface area contributed by atoms with Gasteiger partial charge in [-0.05, 0) is 24.8 Å². The van der Waals surface area contributed by atoms with Crippen LogP contribution in [0.3, 0.4) is 0 Å². The van der Waals surface area contributed by atoms with Crippen LogP contribution in [0.1, 0.15) is 141 Å². The van der Waals surface area contributed by atoms with Gasteiger partial charge in [-0.3, -0.25) is 18.6 Å². The molecule has 53 heavy (non-hydrogen) atoms. The standard InChI is InChI=1S/C40H71N2O10P/c1-5-6-7-8-9-10-11-12-13-14-15-16-17-18-23-28-38(43)48-34-37(35-51-53(46,47)50-32-31-42(2,3)4)52-39(44)29-24-20-25-30-41-40(45)49-33-36-26-21-19-22-27-36/h19,21-22,26-27,37H,5-18,20,23-25,28-35H2,1-4H3,(H-,41,45,46,47)/p+1/t37-/m1/s1. The van der Waals surface area contributed by atoms with Gasteiger partial charge in [0.25, 0.3) is 0 Å². The van der Waals surface area contributed by atoms with Crippen LogP contribution < -0.4 is 5.32 Å². The molecule has 306 valence electrons. The third-order valence-electron chi connectivity index (χ3n) is 8.69. The second kappa shape index (κ2) is 30.8. The number of nitrogens with one attached hydrogen (secondary N) is 1. The third kappa shape index (κ3) is 31.5. The number of hydrogen-bond donors (Lipinski definition) is 2. The minimum atomic E-state index is -4.42. The molecule has 2 atom stereocenters. The van der Waals surface area contributed by atoms with Crippen LogP contribution in [0.4, 0.5) is 4.79 Å². The van der Waals surface area contributed by atoms with Crippen molar-refractivity contribution in [2.75, 3.05) is 54.1 Å². The summed E-state index contributed by atoms with van der Waals surface area (Å²) in [5, 5.41) is 2.69. The molecule has 1 aromatic rings. The molecule has 0 radical (unpaired) electrons. The lowest BCUT2D eigenvalue weighted by Crippen LogP contribution is -2.37. The van der Waals surface area contributed by atoms with E-state index in [0.29, 0.717) is 43.3 Å². The zero-order valence-corrected chi connectivity index (χ0v) is 34.3. The Hall–Kier alpha value is -2.50. The average Bonchev–Trinajstić information content (AvgIpc) is 3.11. The summed E-state index contributed by atoms with van der Waals surface area (Å²) in [4.78, 5) is 47.1. The number of phosphoric acid groups is 1. The molecule has 1 amide bonds. The second-order valence-corrected chi connectivity index (χ2v) is 16.4. The normalized spacial score (nSPS) is 13.2. The van der Waals surface area contributed by atoms with Crippen molar-refractivity contribution in [3.8, 4) is 0 Å². The van der Waals surface area contributed by atoms with E-state index in [4.69, 9.17) is 23.3 Å². The Balaban J connectivity index is 2.32. The molecule has 0 bridgehead atoms. The summed E-state index contributed by atoms with van der Waals surface area (Å²) in [6, 6.07) is 9.39. The highest BCUT2D eigenvalue weighted by molar-refractivity contribution is 7.47. The van der Waals surface area contributed by atoms with E-state index in [1.165, 1.54) is 70.6 Å². The van der Waals surface area contributed by atoms with Gasteiger partial charge in [-0.25, -0.2) is 9.36 Å². The Labute approximate surface area is 320 Å². The lowest BCUT2D eigenvalue weighted by atomic mass is 10.0. The Morgan fingerprint density at radius 3 is 1.79 bits per heavy atom. The van der Waals surface area contributed by atoms with E-state index >= 15 is 0 Å². The van der Waals surface area contributed by atoms with Gasteiger partial charge in [0, 0.05) is 19.4 Å². The van der Waals surface area contributed by atoms with E-state index in [1.54, 1.807) is 0 Å². The predicted octanol–water partition coefficient (Wildman–Crippen LogP) is 9.03. The molecule has 1 unspecified atom stereocenters. The number of benzene rings is 1. The predicted molar refractivity (Wildman–Crippen MR) is 208 cm³/mol. The van der Waals surface area contributed by atoms with E-state index in [9.17, 15) is 23.8 Å². The second-order valence-electron chi connectivity index (χ2n) is 14.9. The van der Waals surface area contributed by atoms with Crippen molar-refractivity contribution in [3.63, 3.8) is 0 Å². The summed E-state index contributed by atoms with van der Waals surface area (Å²) in [5.41, 5.74) is 0.897. The highest BCUT2D eigenvalue weighted by atomic mass is 31.2. The number of carbonyl (C=O) groups excluding carboxylic acids is 3. The fourth-order valence-electron chi connectivity index (χ4n) is 5.44. The maximum Gasteiger partial charge on any atom is 0.472 e. The number of amides is 1. The first-order chi connectivity index (χ1) is 25.4. The molecule has 0 saturated carbocycles. The van der Waals surface area contributed by atoms with Crippen LogP contribution in [0.25, 0.3) is 0 Å². The van der Waals surface area contributed by atoms with Gasteiger partial charge in [-0.15, -0.1) is 0 Å². The van der Waals surface area contributed by atoms with E-state index in [2.05, 4.69) is 12.2 Å². The number of carbonyl (C=O) groups is 3. The number of ether oxygens (including phenoxy) is 3. The maximum absolute atomic E-state index is 12.6. The quantitative estimate of drug-likeness (QED) is 0.0229. The van der Waals surface area contributed by atoms with Crippen molar-refractivity contribution in [1.29, 1.82) is 0 Å². The monoisotopic (exact) mass is 771 g/mol. The highest BCUT2D eigenvalue weighted by Crippen LogP contribution is 2.43. The minimum Gasteiger partial charge on any atom is -0.462 e. The van der Waals surface area contributed by atoms with Crippen LogP contribution >= 0.6 is 7.82 Å². The molecule has 0 fully saturated rings. The molecule has 0 saturated heterocycles. The number of rotatable bonds is 34. The number of esters is 2. The van der Waals surface area contributed by atoms with Crippen LogP contribution in [0.15, 0.2) is 30.3 Å². The Morgan fingerprint density at radius 1 is 0.698 bits per heavy atom. The average molecular weight is 772 g/mol. The van der Waals surface area contributed by atoms with Gasteiger partial charge in [0.15, 0.2) is 6.10 Å². The molecule has 0 spiro atoms. The fraction of sp³-hybridized carbons (Fsp3) is 0.775. The topological polar surface area (TPSA) is 147 Å². The Kier molecular flexibility index (Phi) is 28.2. The number of phosphoric ester groups is 1. The summed E-state index contributed by atoms with van der Waals surface area (Å²) in [6.45, 7) is 2.55. The van der Waals surface area contributed by atoms with Gasteiger partial charge in [-0.1, -0.05) is 134 Å². The molecule has 13 heteroatoms. The Morgan fingerprint density at radius 2 is 1.23 bits per heavy atom. The van der Waals surface area contributed by atoms with Crippen molar-refractivity contribution < 1.29 is 51.6 Å². The molecular formula is C40H72N2O10P+. The molecule has 12 nitrogen and oxygen atoms in total. The zero-order valence-electron chi connectivity index (χ0n) is 33.4. The van der Waals surface area contributed by atoms with Crippen molar-refractivity contribution in [1.82, 2.24) is 5.32 Å². The zero-order chi connectivity index (χ0) is 39.0. The molecule has 0 heterocycles. The molecule has 0 aliphatic carbocycles. The van der Waals surface area contributed by atoms with E-state index < -0.39 is 38.6 Å². The minimum absolute atomic E-state index is 0.00439. The van der Waals surface area contributed by atoms with E-state index in [-0.39, 0.29) is 32.7 Å². The van der Waals surface area contributed by atoms with Crippen molar-refractivity contribution in [3.05, 3.63) is 35.9 Å². The van der Waals surface area contributed by atoms with E-state index in [1.807, 2.05) is 51.5 Å². The van der Waals surface area contributed by atoms with Gasteiger partial charge in [0.1, 0.15) is 26.4 Å². The largest absolute Gasteiger partial charge is 0.472 e. The van der Waals surface area contributed by atoms with Crippen LogP contribution in [-0.2, 0) is 44.0 Å². The lowest BCUT2D eigenvalue weighted by Gasteiger charge is -2.24. The molecule has 2 N–H and O–H groups in total. The van der Waals surface area contributed by atoms with Crippen molar-refractivity contribution in [2.45, 2.75) is 148 Å². The Bertz CT molecular complexity index is 1130. The SMILES string of the molecule is CCCCCCCCCCCCCCCCCC(=O)OC[C@H](COP(=O)(O)OCC[N+](C)(C)C)OC(=O)CCCCCNC(=O)OCc1ccccc1. The van der Waals surface area contributed by atoms with Crippen molar-refractivity contribution >= 4 is 25.9 Å². The van der Waals surface area contributed by atoms with Crippen LogP contribution in [0, 0.1) is 0 Å². The third-order valence-corrected chi connectivity index (χ3v) is 9.68. The van der Waals surface area contributed by atoms with Gasteiger partial charge in [0.2, 0.25) is 0 Å². The van der Waals surface area contributed by atoms with Crippen LogP contribution in [-0.4, -0.2) is 87.6 Å². The molecule has 0 aromatic heterocycles. The first-order valence-corrected chi connectivity index (χ1v) is 21.6. The smallest absolute Gasteiger partial charge is 0.462 e. The fourth-order valence-corrected chi connectivity index (χ4v) is 6.18. The van der Waals surface area contributed by atoms with E-state index in [0.717, 1.165) is 24.8 Å². The molecule has 1 rings (SSSR count). The highest BCUT2D eigenvalue weighted by Gasteiger charge is 2.27. The summed E-state index contributed by atoms with van der Waals surface area (Å²) >= 11 is 0. The van der Waals surface area contributed by atoms with Crippen LogP contribution in [0.2, 0.25) is 0 Å². The molecule has 0 aliphatic heterocycles. The van der Waals surface area contributed by atoms with Gasteiger partial charge >= 0.3 is 25.9 Å². The lowest BCUT2D eigenvalue weighted by molar-refractivity contribution is -0.870. The summed E-state index contributed by atoms with van der Waals surface area (Å²) in [5.74, 6) is -0.965. The molecular weight excluding hydrogens is 699 g/mol. The molecule has 1 aromatic carbocycles. The number of nitrogens with zero attached hydrogens (tertiary/aromatic N) is 1. The van der Waals surface area contributed by atoms with Crippen molar-refractivity contribution in [2.24, 2.45) is 0 Å². The van der Waals surface area contributed by atoms with Gasteiger partial charge in [-0.2, -0.15) is 0 Å². The number of quaternary nitrogens is 1. The van der Waals surface area contributed by atoms with Crippen LogP contribution in [0.5, 0.6) is 0 Å². The number of unbranched alkanes of at least 4 members (excludes halogenated alkanes) is 16. The summed E-state index contributed by atoms with van der Waals surface area (Å²) in [7, 11) is 1.35. The number of hydrogen-bond acceptors (Lipinski definition) is 9. The molecule has 0 aliphatic rings. The first-order valence-electron chi connectivity index (χ1n) is 20.1.